The van der Waals surface area contributed by atoms with Gasteiger partial charge in [0.05, 0.1) is 6.61 Å². The highest BCUT2D eigenvalue weighted by molar-refractivity contribution is 5.39. The highest BCUT2D eigenvalue weighted by atomic mass is 19.4. The first-order chi connectivity index (χ1) is 15.5. The molecule has 32 heavy (non-hydrogen) atoms. The molecule has 0 radical (unpaired) electrons. The van der Waals surface area contributed by atoms with Gasteiger partial charge in [-0.3, -0.25) is 0 Å². The summed E-state index contributed by atoms with van der Waals surface area (Å²) in [4.78, 5) is 6.57. The molecule has 0 bridgehead atoms. The average Bonchev–Trinajstić information content (AvgIpc) is 2.79. The number of rotatable bonds is 7. The van der Waals surface area contributed by atoms with E-state index in [1.54, 1.807) is 6.20 Å². The summed E-state index contributed by atoms with van der Waals surface area (Å²) in [5.41, 5.74) is 1.07. The first-order valence-corrected chi connectivity index (χ1v) is 10.3. The molecule has 168 valence electrons. The van der Waals surface area contributed by atoms with Gasteiger partial charge < -0.3 is 19.1 Å². The third-order valence-corrected chi connectivity index (χ3v) is 5.09. The highest BCUT2D eigenvalue weighted by Crippen LogP contribution is 2.29. The molecule has 1 aliphatic heterocycles. The Morgan fingerprint density at radius 1 is 0.906 bits per heavy atom. The maximum absolute atomic E-state index is 12.4. The topological polar surface area (TPSA) is 43.8 Å². The zero-order valence-electron chi connectivity index (χ0n) is 17.2. The lowest BCUT2D eigenvalue weighted by atomic mass is 10.1. The fourth-order valence-corrected chi connectivity index (χ4v) is 3.63. The van der Waals surface area contributed by atoms with Gasteiger partial charge in [-0.2, -0.15) is 0 Å². The van der Waals surface area contributed by atoms with E-state index in [9.17, 15) is 13.2 Å². The number of nitrogens with zero attached hydrogens (tertiary/aromatic N) is 2. The summed E-state index contributed by atoms with van der Waals surface area (Å²) >= 11 is 0. The molecule has 0 spiro atoms. The lowest BCUT2D eigenvalue weighted by molar-refractivity contribution is -0.274. The second kappa shape index (κ2) is 9.91. The van der Waals surface area contributed by atoms with E-state index in [2.05, 4.69) is 14.6 Å². The fraction of sp³-hybridized carbons (Fsp3) is 0.292. The minimum Gasteiger partial charge on any atom is -0.490 e. The van der Waals surface area contributed by atoms with Crippen LogP contribution >= 0.6 is 0 Å². The van der Waals surface area contributed by atoms with Crippen LogP contribution in [0.15, 0.2) is 79.0 Å². The van der Waals surface area contributed by atoms with Crippen molar-refractivity contribution in [3.63, 3.8) is 0 Å². The Labute approximate surface area is 184 Å². The van der Waals surface area contributed by atoms with Gasteiger partial charge in [-0.1, -0.05) is 36.4 Å². The second-order valence-corrected chi connectivity index (χ2v) is 7.42. The summed E-state index contributed by atoms with van der Waals surface area (Å²) in [5, 5.41) is 0. The van der Waals surface area contributed by atoms with Crippen molar-refractivity contribution < 1.29 is 27.4 Å². The number of piperidine rings is 1. The molecule has 0 aliphatic carbocycles. The fourth-order valence-electron chi connectivity index (χ4n) is 3.63. The monoisotopic (exact) mass is 444 g/mol. The molecule has 1 saturated heterocycles. The Morgan fingerprint density at radius 2 is 1.62 bits per heavy atom. The smallest absolute Gasteiger partial charge is 0.490 e. The van der Waals surface area contributed by atoms with Crippen LogP contribution in [0, 0.1) is 0 Å². The first-order valence-electron chi connectivity index (χ1n) is 10.3. The maximum atomic E-state index is 12.4. The van der Waals surface area contributed by atoms with Gasteiger partial charge >= 0.3 is 6.36 Å². The van der Waals surface area contributed by atoms with Crippen LogP contribution < -0.4 is 14.4 Å². The molecule has 2 aromatic carbocycles. The van der Waals surface area contributed by atoms with E-state index < -0.39 is 6.36 Å². The van der Waals surface area contributed by atoms with Crippen molar-refractivity contribution in [2.45, 2.75) is 38.1 Å². The van der Waals surface area contributed by atoms with Crippen LogP contribution in [0.1, 0.15) is 18.4 Å². The minimum atomic E-state index is -4.72. The number of alkyl halides is 3. The van der Waals surface area contributed by atoms with Gasteiger partial charge in [-0.05, 0) is 42.0 Å². The molecule has 0 N–H and O–H groups in total. The summed E-state index contributed by atoms with van der Waals surface area (Å²) < 4.78 is 53.3. The standard InChI is InChI=1S/C24H23F3N2O3/c25-24(26,27)32-20-11-9-19(10-12-20)31-21-13-15-29(22-8-4-5-14-28-22)23(16-21)30-17-18-6-2-1-3-7-18/h1-12,14,21,23H,13,15-17H2. The Bertz CT molecular complexity index is 969. The largest absolute Gasteiger partial charge is 0.573 e. The van der Waals surface area contributed by atoms with E-state index >= 15 is 0 Å². The van der Waals surface area contributed by atoms with Crippen molar-refractivity contribution in [3.8, 4) is 11.5 Å². The van der Waals surface area contributed by atoms with Gasteiger partial charge in [0.1, 0.15) is 29.6 Å². The van der Waals surface area contributed by atoms with E-state index in [4.69, 9.17) is 9.47 Å². The Kier molecular flexibility index (Phi) is 6.80. The number of aromatic nitrogens is 1. The van der Waals surface area contributed by atoms with Gasteiger partial charge in [0.15, 0.2) is 0 Å². The lowest BCUT2D eigenvalue weighted by Gasteiger charge is -2.39. The normalized spacial score (nSPS) is 18.9. The predicted molar refractivity (Wildman–Crippen MR) is 113 cm³/mol. The SMILES string of the molecule is FC(F)(F)Oc1ccc(OC2CCN(c3ccccn3)C(OCc3ccccc3)C2)cc1. The van der Waals surface area contributed by atoms with Gasteiger partial charge in [0.2, 0.25) is 0 Å². The number of pyridine rings is 1. The Hall–Kier alpha value is -3.26. The molecule has 2 unspecified atom stereocenters. The third-order valence-electron chi connectivity index (χ3n) is 5.09. The molecule has 2 heterocycles. The van der Waals surface area contributed by atoms with Gasteiger partial charge in [-0.25, -0.2) is 4.98 Å². The predicted octanol–water partition coefficient (Wildman–Crippen LogP) is 5.57. The molecular formula is C24H23F3N2O3. The molecule has 5 nitrogen and oxygen atoms in total. The van der Waals surface area contributed by atoms with Crippen LogP contribution in [-0.2, 0) is 11.3 Å². The Morgan fingerprint density at radius 3 is 2.31 bits per heavy atom. The van der Waals surface area contributed by atoms with Crippen molar-refractivity contribution in [2.24, 2.45) is 0 Å². The summed E-state index contributed by atoms with van der Waals surface area (Å²) in [6.07, 6.45) is -2.06. The van der Waals surface area contributed by atoms with E-state index in [-0.39, 0.29) is 18.1 Å². The molecule has 2 atom stereocenters. The molecule has 3 aromatic rings. The van der Waals surface area contributed by atoms with E-state index in [0.717, 1.165) is 17.8 Å². The highest BCUT2D eigenvalue weighted by Gasteiger charge is 2.32. The lowest BCUT2D eigenvalue weighted by Crippen LogP contribution is -2.47. The van der Waals surface area contributed by atoms with Crippen LogP contribution in [0.25, 0.3) is 0 Å². The summed E-state index contributed by atoms with van der Waals surface area (Å²) in [5.74, 6) is 1.04. The van der Waals surface area contributed by atoms with Crippen molar-refractivity contribution in [1.82, 2.24) is 4.98 Å². The number of ether oxygens (including phenoxy) is 3. The number of hydrogen-bond acceptors (Lipinski definition) is 5. The van der Waals surface area contributed by atoms with Crippen LogP contribution in [0.4, 0.5) is 19.0 Å². The van der Waals surface area contributed by atoms with Crippen LogP contribution in [0.3, 0.4) is 0 Å². The molecule has 1 aromatic heterocycles. The quantitative estimate of drug-likeness (QED) is 0.477. The van der Waals surface area contributed by atoms with Crippen molar-refractivity contribution in [2.75, 3.05) is 11.4 Å². The molecule has 8 heteroatoms. The molecule has 0 amide bonds. The van der Waals surface area contributed by atoms with Crippen molar-refractivity contribution in [3.05, 3.63) is 84.6 Å². The number of benzene rings is 2. The molecule has 1 fully saturated rings. The van der Waals surface area contributed by atoms with Gasteiger partial charge in [0.25, 0.3) is 0 Å². The zero-order valence-corrected chi connectivity index (χ0v) is 17.2. The van der Waals surface area contributed by atoms with Crippen LogP contribution in [0.5, 0.6) is 11.5 Å². The van der Waals surface area contributed by atoms with E-state index in [1.807, 2.05) is 48.5 Å². The Balaban J connectivity index is 1.42. The van der Waals surface area contributed by atoms with E-state index in [1.165, 1.54) is 24.3 Å². The molecular weight excluding hydrogens is 421 g/mol. The summed E-state index contributed by atoms with van der Waals surface area (Å²) in [6, 6.07) is 21.1. The van der Waals surface area contributed by atoms with Crippen molar-refractivity contribution >= 4 is 5.82 Å². The average molecular weight is 444 g/mol. The first kappa shape index (κ1) is 22.0. The van der Waals surface area contributed by atoms with Crippen LogP contribution in [0.2, 0.25) is 0 Å². The molecule has 1 aliphatic rings. The van der Waals surface area contributed by atoms with E-state index in [0.29, 0.717) is 25.3 Å². The maximum Gasteiger partial charge on any atom is 0.573 e. The van der Waals surface area contributed by atoms with Crippen molar-refractivity contribution in [1.29, 1.82) is 0 Å². The minimum absolute atomic E-state index is 0.148. The number of hydrogen-bond donors (Lipinski definition) is 0. The molecule has 4 rings (SSSR count). The van der Waals surface area contributed by atoms with Gasteiger partial charge in [-0.15, -0.1) is 13.2 Å². The number of halogens is 3. The zero-order chi connectivity index (χ0) is 22.4. The molecule has 0 saturated carbocycles. The number of anilines is 1. The summed E-state index contributed by atoms with van der Waals surface area (Å²) in [6.45, 7) is 1.13. The second-order valence-electron chi connectivity index (χ2n) is 7.42. The summed E-state index contributed by atoms with van der Waals surface area (Å²) in [7, 11) is 0. The third kappa shape index (κ3) is 6.13. The van der Waals surface area contributed by atoms with Crippen LogP contribution in [-0.4, -0.2) is 30.2 Å². The van der Waals surface area contributed by atoms with Gasteiger partial charge in [0, 0.05) is 25.6 Å².